The van der Waals surface area contributed by atoms with E-state index in [4.69, 9.17) is 5.11 Å². The first-order valence-corrected chi connectivity index (χ1v) is 10.1. The van der Waals surface area contributed by atoms with Crippen molar-refractivity contribution in [2.75, 3.05) is 0 Å². The Labute approximate surface area is 157 Å². The molecule has 0 amide bonds. The minimum absolute atomic E-state index is 0.100. The maximum Gasteiger partial charge on any atom is 0.303 e. The van der Waals surface area contributed by atoms with Gasteiger partial charge in [-0.25, -0.2) is 0 Å². The molecule has 0 aliphatic heterocycles. The van der Waals surface area contributed by atoms with Crippen molar-refractivity contribution < 1.29 is 24.9 Å². The summed E-state index contributed by atoms with van der Waals surface area (Å²) in [7, 11) is 0. The van der Waals surface area contributed by atoms with Crippen LogP contribution in [0, 0.1) is 11.8 Å². The molecule has 1 unspecified atom stereocenters. The van der Waals surface area contributed by atoms with Crippen LogP contribution >= 0.6 is 0 Å². The van der Waals surface area contributed by atoms with E-state index >= 15 is 0 Å². The largest absolute Gasteiger partial charge is 0.481 e. The Morgan fingerprint density at radius 3 is 2.54 bits per heavy atom. The maximum absolute atomic E-state index is 12.2. The Balaban J connectivity index is 2.49. The quantitative estimate of drug-likeness (QED) is 0.339. The highest BCUT2D eigenvalue weighted by Crippen LogP contribution is 2.35. The van der Waals surface area contributed by atoms with E-state index in [0.29, 0.717) is 12.8 Å². The molecule has 0 aromatic rings. The number of carboxylic acid groups (broad SMARTS) is 1. The summed E-state index contributed by atoms with van der Waals surface area (Å²) in [5, 5.41) is 29.3. The molecule has 1 aliphatic carbocycles. The van der Waals surface area contributed by atoms with Crippen molar-refractivity contribution in [2.24, 2.45) is 11.8 Å². The minimum Gasteiger partial charge on any atom is -0.481 e. The van der Waals surface area contributed by atoms with Gasteiger partial charge in [0.1, 0.15) is 5.78 Å². The number of carbonyl (C=O) groups is 2. The molecule has 4 atom stereocenters. The summed E-state index contributed by atoms with van der Waals surface area (Å²) in [6, 6.07) is 0. The number of aliphatic hydroxyl groups is 2. The number of Topliss-reactive ketones (excluding diaryl/α,β-unsaturated/α-hetero) is 1. The third kappa shape index (κ3) is 8.45. The number of hydrogen-bond acceptors (Lipinski definition) is 4. The van der Waals surface area contributed by atoms with Crippen LogP contribution in [-0.4, -0.2) is 38.8 Å². The van der Waals surface area contributed by atoms with Crippen LogP contribution < -0.4 is 0 Å². The van der Waals surface area contributed by atoms with Gasteiger partial charge in [-0.05, 0) is 26.2 Å². The molecule has 5 heteroatoms. The van der Waals surface area contributed by atoms with Gasteiger partial charge < -0.3 is 15.3 Å². The van der Waals surface area contributed by atoms with Crippen molar-refractivity contribution in [1.29, 1.82) is 0 Å². The highest BCUT2D eigenvalue weighted by Gasteiger charge is 2.39. The Morgan fingerprint density at radius 2 is 1.88 bits per heavy atom. The summed E-state index contributed by atoms with van der Waals surface area (Å²) in [6.07, 6.45) is 11.1. The van der Waals surface area contributed by atoms with E-state index in [9.17, 15) is 19.8 Å². The van der Waals surface area contributed by atoms with Crippen molar-refractivity contribution in [1.82, 2.24) is 0 Å². The third-order valence-corrected chi connectivity index (χ3v) is 5.35. The normalized spacial score (nSPS) is 25.7. The number of carbonyl (C=O) groups excluding carboxylic acids is 1. The monoisotopic (exact) mass is 368 g/mol. The number of unbranched alkanes of at least 4 members (excludes halogenated alkanes) is 5. The van der Waals surface area contributed by atoms with Gasteiger partial charge >= 0.3 is 5.97 Å². The molecule has 26 heavy (non-hydrogen) atoms. The van der Waals surface area contributed by atoms with E-state index in [0.717, 1.165) is 44.9 Å². The fraction of sp³-hybridized carbons (Fsp3) is 0.810. The Kier molecular flexibility index (Phi) is 10.1. The average molecular weight is 369 g/mol. The molecule has 0 aromatic heterocycles. The lowest BCUT2D eigenvalue weighted by Crippen LogP contribution is -2.23. The number of aliphatic carboxylic acids is 1. The summed E-state index contributed by atoms with van der Waals surface area (Å²) in [6.45, 7) is 3.90. The first-order valence-electron chi connectivity index (χ1n) is 10.1. The molecule has 0 saturated heterocycles. The van der Waals surface area contributed by atoms with E-state index in [1.165, 1.54) is 0 Å². The van der Waals surface area contributed by atoms with Gasteiger partial charge in [0.25, 0.3) is 0 Å². The molecule has 0 heterocycles. The number of aliphatic hydroxyl groups excluding tert-OH is 1. The van der Waals surface area contributed by atoms with Gasteiger partial charge in [-0.2, -0.15) is 0 Å². The van der Waals surface area contributed by atoms with E-state index in [-0.39, 0.29) is 30.5 Å². The predicted octanol–water partition coefficient (Wildman–Crippen LogP) is 3.87. The first-order chi connectivity index (χ1) is 12.3. The summed E-state index contributed by atoms with van der Waals surface area (Å²) < 4.78 is 0. The van der Waals surface area contributed by atoms with E-state index in [1.54, 1.807) is 13.0 Å². The van der Waals surface area contributed by atoms with Gasteiger partial charge in [0.2, 0.25) is 0 Å². The molecule has 5 nitrogen and oxygen atoms in total. The number of ketones is 1. The molecular formula is C21H36O5. The second-order valence-electron chi connectivity index (χ2n) is 7.94. The lowest BCUT2D eigenvalue weighted by atomic mass is 9.87. The van der Waals surface area contributed by atoms with Crippen LogP contribution in [0.15, 0.2) is 12.2 Å². The van der Waals surface area contributed by atoms with Crippen LogP contribution in [0.3, 0.4) is 0 Å². The summed E-state index contributed by atoms with van der Waals surface area (Å²) in [4.78, 5) is 22.7. The lowest BCUT2D eigenvalue weighted by molar-refractivity contribution is -0.137. The van der Waals surface area contributed by atoms with Crippen LogP contribution in [0.5, 0.6) is 0 Å². The van der Waals surface area contributed by atoms with Gasteiger partial charge in [0, 0.05) is 24.7 Å². The third-order valence-electron chi connectivity index (χ3n) is 5.35. The standard InChI is InChI=1S/C21H36O5/c1-3-4-9-13-21(2,26)14-12-17-16(18(22)15-19(17)23)10-7-5-6-8-11-20(24)25/h12,14,16-17,19,23,26H,3-11,13,15H2,1-2H3,(H,24,25)/b14-12+/t16-,17-,19?,21+/m1/s1. The fourth-order valence-corrected chi connectivity index (χ4v) is 3.72. The van der Waals surface area contributed by atoms with Crippen molar-refractivity contribution in [2.45, 2.75) is 96.2 Å². The predicted molar refractivity (Wildman–Crippen MR) is 102 cm³/mol. The van der Waals surface area contributed by atoms with Gasteiger partial charge in [-0.3, -0.25) is 9.59 Å². The molecule has 1 rings (SSSR count). The zero-order valence-electron chi connectivity index (χ0n) is 16.3. The summed E-state index contributed by atoms with van der Waals surface area (Å²) in [5.41, 5.74) is -0.901. The molecule has 1 saturated carbocycles. The second kappa shape index (κ2) is 11.5. The lowest BCUT2D eigenvalue weighted by Gasteiger charge is -2.22. The minimum atomic E-state index is -0.901. The summed E-state index contributed by atoms with van der Waals surface area (Å²) in [5.74, 6) is -1.08. The van der Waals surface area contributed by atoms with Crippen LogP contribution in [0.2, 0.25) is 0 Å². The first kappa shape index (κ1) is 22.8. The van der Waals surface area contributed by atoms with Gasteiger partial charge in [-0.1, -0.05) is 57.6 Å². The zero-order chi connectivity index (χ0) is 19.6. The topological polar surface area (TPSA) is 94.8 Å². The number of hydrogen-bond donors (Lipinski definition) is 3. The maximum atomic E-state index is 12.2. The molecular weight excluding hydrogens is 332 g/mol. The Morgan fingerprint density at radius 1 is 1.19 bits per heavy atom. The van der Waals surface area contributed by atoms with Crippen LogP contribution in [0.1, 0.15) is 84.5 Å². The molecule has 0 radical (unpaired) electrons. The smallest absolute Gasteiger partial charge is 0.303 e. The van der Waals surface area contributed by atoms with Gasteiger partial charge in [0.15, 0.2) is 0 Å². The van der Waals surface area contributed by atoms with E-state index in [1.807, 2.05) is 6.08 Å². The van der Waals surface area contributed by atoms with E-state index in [2.05, 4.69) is 6.92 Å². The summed E-state index contributed by atoms with van der Waals surface area (Å²) >= 11 is 0. The number of rotatable bonds is 13. The average Bonchev–Trinajstić information content (AvgIpc) is 2.82. The van der Waals surface area contributed by atoms with Crippen LogP contribution in [-0.2, 0) is 9.59 Å². The van der Waals surface area contributed by atoms with Crippen molar-refractivity contribution in [3.05, 3.63) is 12.2 Å². The van der Waals surface area contributed by atoms with Crippen molar-refractivity contribution >= 4 is 11.8 Å². The molecule has 0 aromatic carbocycles. The molecule has 1 aliphatic rings. The van der Waals surface area contributed by atoms with Crippen LogP contribution in [0.25, 0.3) is 0 Å². The van der Waals surface area contributed by atoms with Gasteiger partial charge in [-0.15, -0.1) is 0 Å². The molecule has 150 valence electrons. The van der Waals surface area contributed by atoms with Crippen LogP contribution in [0.4, 0.5) is 0 Å². The second-order valence-corrected chi connectivity index (χ2v) is 7.94. The molecule has 0 bridgehead atoms. The Hall–Kier alpha value is -1.20. The number of carboxylic acids is 1. The zero-order valence-corrected chi connectivity index (χ0v) is 16.3. The highest BCUT2D eigenvalue weighted by molar-refractivity contribution is 5.84. The molecule has 1 fully saturated rings. The molecule has 3 N–H and O–H groups in total. The molecule has 0 spiro atoms. The van der Waals surface area contributed by atoms with Crippen molar-refractivity contribution in [3.63, 3.8) is 0 Å². The van der Waals surface area contributed by atoms with Gasteiger partial charge in [0.05, 0.1) is 11.7 Å². The fourth-order valence-electron chi connectivity index (χ4n) is 3.72. The Bertz CT molecular complexity index is 469. The SMILES string of the molecule is CCCCC[C@](C)(O)/C=C/[C@H]1C(O)CC(=O)[C@@H]1CCCCCCC(=O)O. The van der Waals surface area contributed by atoms with Crippen molar-refractivity contribution in [3.8, 4) is 0 Å². The highest BCUT2D eigenvalue weighted by atomic mass is 16.4. The van der Waals surface area contributed by atoms with E-state index < -0.39 is 17.7 Å².